The van der Waals surface area contributed by atoms with Gasteiger partial charge in [-0.15, -0.1) is 0 Å². The molecule has 0 unspecified atom stereocenters. The Morgan fingerprint density at radius 1 is 0.941 bits per heavy atom. The molecule has 0 saturated carbocycles. The molecule has 0 aliphatic carbocycles. The number of carbonyl (C=O) groups excluding carboxylic acids is 1. The first-order valence-corrected chi connectivity index (χ1v) is 11.4. The van der Waals surface area contributed by atoms with Gasteiger partial charge in [0.15, 0.2) is 0 Å². The fraction of sp³-hybridized carbons (Fsp3) is 0.200. The molecule has 0 bridgehead atoms. The summed E-state index contributed by atoms with van der Waals surface area (Å²) in [7, 11) is 0. The lowest BCUT2D eigenvalue weighted by molar-refractivity contribution is -0.112. The third kappa shape index (κ3) is 4.65. The number of carbonyl (C=O) groups is 1. The third-order valence-corrected chi connectivity index (χ3v) is 6.13. The number of aryl methyl sites for hydroxylation is 1. The molecule has 4 rings (SSSR count). The number of benzene rings is 3. The first kappa shape index (κ1) is 23.1. The van der Waals surface area contributed by atoms with E-state index in [0.29, 0.717) is 5.69 Å². The van der Waals surface area contributed by atoms with Crippen molar-refractivity contribution in [3.63, 3.8) is 0 Å². The standard InChI is InChI=1S/C30H29N3O/c1-20-16-24(21(2)33(20)28-14-11-26(12-15-28)30(3,4)5)17-25(19-31)29(34)32-27-13-10-22-8-6-7-9-23(22)18-27/h6-18H,1-5H3,(H,32,34). The van der Waals surface area contributed by atoms with Gasteiger partial charge < -0.3 is 9.88 Å². The highest BCUT2D eigenvalue weighted by atomic mass is 16.1. The summed E-state index contributed by atoms with van der Waals surface area (Å²) in [6, 6.07) is 26.3. The number of aromatic nitrogens is 1. The minimum atomic E-state index is -0.419. The molecule has 4 heteroatoms. The second-order valence-electron chi connectivity index (χ2n) is 9.64. The van der Waals surface area contributed by atoms with Gasteiger partial charge in [-0.05, 0) is 77.6 Å². The summed E-state index contributed by atoms with van der Waals surface area (Å²) in [6.45, 7) is 10.6. The molecule has 1 N–H and O–H groups in total. The Labute approximate surface area is 201 Å². The van der Waals surface area contributed by atoms with E-state index in [0.717, 1.165) is 33.4 Å². The average molecular weight is 448 g/mol. The molecule has 34 heavy (non-hydrogen) atoms. The van der Waals surface area contributed by atoms with E-state index in [-0.39, 0.29) is 11.0 Å². The molecule has 0 radical (unpaired) electrons. The molecule has 0 spiro atoms. The highest BCUT2D eigenvalue weighted by Gasteiger charge is 2.16. The van der Waals surface area contributed by atoms with E-state index in [4.69, 9.17) is 0 Å². The van der Waals surface area contributed by atoms with Crippen LogP contribution >= 0.6 is 0 Å². The molecule has 1 aromatic heterocycles. The number of hydrogen-bond donors (Lipinski definition) is 1. The van der Waals surface area contributed by atoms with Crippen molar-refractivity contribution in [2.75, 3.05) is 5.32 Å². The van der Waals surface area contributed by atoms with Crippen LogP contribution in [0.25, 0.3) is 22.5 Å². The summed E-state index contributed by atoms with van der Waals surface area (Å²) in [5, 5.41) is 14.7. The Morgan fingerprint density at radius 2 is 1.62 bits per heavy atom. The zero-order valence-electron chi connectivity index (χ0n) is 20.3. The summed E-state index contributed by atoms with van der Waals surface area (Å²) in [5.41, 5.74) is 6.02. The lowest BCUT2D eigenvalue weighted by Gasteiger charge is -2.20. The summed E-state index contributed by atoms with van der Waals surface area (Å²) in [5.74, 6) is -0.419. The monoisotopic (exact) mass is 447 g/mol. The van der Waals surface area contributed by atoms with Crippen molar-refractivity contribution in [1.82, 2.24) is 4.57 Å². The second-order valence-corrected chi connectivity index (χ2v) is 9.64. The van der Waals surface area contributed by atoms with Crippen LogP contribution in [0.2, 0.25) is 0 Å². The number of nitriles is 1. The molecule has 1 heterocycles. The van der Waals surface area contributed by atoms with Gasteiger partial charge in [-0.3, -0.25) is 4.79 Å². The summed E-state index contributed by atoms with van der Waals surface area (Å²) >= 11 is 0. The molecule has 4 nitrogen and oxygen atoms in total. The number of rotatable bonds is 4. The van der Waals surface area contributed by atoms with Crippen molar-refractivity contribution in [1.29, 1.82) is 5.26 Å². The molecule has 0 aliphatic rings. The topological polar surface area (TPSA) is 57.8 Å². The van der Waals surface area contributed by atoms with Crippen LogP contribution in [0.3, 0.4) is 0 Å². The predicted molar refractivity (Wildman–Crippen MR) is 140 cm³/mol. The summed E-state index contributed by atoms with van der Waals surface area (Å²) in [6.07, 6.45) is 1.67. The Kier molecular flexibility index (Phi) is 6.13. The van der Waals surface area contributed by atoms with Gasteiger partial charge >= 0.3 is 0 Å². The maximum atomic E-state index is 12.9. The van der Waals surface area contributed by atoms with Gasteiger partial charge in [-0.1, -0.05) is 63.2 Å². The van der Waals surface area contributed by atoms with Crippen LogP contribution in [0.5, 0.6) is 0 Å². The van der Waals surface area contributed by atoms with Crippen LogP contribution in [-0.2, 0) is 10.2 Å². The van der Waals surface area contributed by atoms with Gasteiger partial charge in [0.2, 0.25) is 0 Å². The highest BCUT2D eigenvalue weighted by molar-refractivity contribution is 6.10. The van der Waals surface area contributed by atoms with Crippen molar-refractivity contribution >= 4 is 28.4 Å². The normalized spacial score (nSPS) is 11.9. The molecule has 3 aromatic carbocycles. The first-order valence-electron chi connectivity index (χ1n) is 11.4. The van der Waals surface area contributed by atoms with Crippen LogP contribution in [0.15, 0.2) is 78.4 Å². The Morgan fingerprint density at radius 3 is 2.26 bits per heavy atom. The predicted octanol–water partition coefficient (Wildman–Crippen LogP) is 7.09. The van der Waals surface area contributed by atoms with E-state index in [1.807, 2.05) is 62.4 Å². The Bertz CT molecular complexity index is 1440. The molecule has 0 saturated heterocycles. The zero-order chi connectivity index (χ0) is 24.5. The smallest absolute Gasteiger partial charge is 0.266 e. The van der Waals surface area contributed by atoms with Gasteiger partial charge in [-0.2, -0.15) is 5.26 Å². The Hall–Kier alpha value is -4.10. The van der Waals surface area contributed by atoms with Gasteiger partial charge in [-0.25, -0.2) is 0 Å². The van der Waals surface area contributed by atoms with Crippen molar-refractivity contribution in [3.05, 3.63) is 101 Å². The van der Waals surface area contributed by atoms with Crippen molar-refractivity contribution in [3.8, 4) is 11.8 Å². The van der Waals surface area contributed by atoms with E-state index in [1.165, 1.54) is 5.56 Å². The van der Waals surface area contributed by atoms with Crippen LogP contribution in [-0.4, -0.2) is 10.5 Å². The number of nitrogens with zero attached hydrogens (tertiary/aromatic N) is 2. The van der Waals surface area contributed by atoms with Crippen molar-refractivity contribution in [2.24, 2.45) is 0 Å². The van der Waals surface area contributed by atoms with Gasteiger partial charge in [0.05, 0.1) is 0 Å². The van der Waals surface area contributed by atoms with E-state index in [9.17, 15) is 10.1 Å². The van der Waals surface area contributed by atoms with Gasteiger partial charge in [0, 0.05) is 22.8 Å². The van der Waals surface area contributed by atoms with E-state index in [1.54, 1.807) is 6.08 Å². The minimum Gasteiger partial charge on any atom is -0.321 e. The molecule has 1 amide bonds. The van der Waals surface area contributed by atoms with Crippen LogP contribution in [0.1, 0.15) is 43.3 Å². The molecule has 4 aromatic rings. The molecular weight excluding hydrogens is 418 g/mol. The van der Waals surface area contributed by atoms with E-state index in [2.05, 4.69) is 61.0 Å². The number of hydrogen-bond acceptors (Lipinski definition) is 2. The number of anilines is 1. The lowest BCUT2D eigenvalue weighted by atomic mass is 9.87. The maximum Gasteiger partial charge on any atom is 0.266 e. The largest absolute Gasteiger partial charge is 0.321 e. The van der Waals surface area contributed by atoms with Gasteiger partial charge in [0.1, 0.15) is 11.6 Å². The van der Waals surface area contributed by atoms with Crippen LogP contribution in [0, 0.1) is 25.2 Å². The fourth-order valence-electron chi connectivity index (χ4n) is 4.21. The second kappa shape index (κ2) is 9.03. The zero-order valence-corrected chi connectivity index (χ0v) is 20.3. The van der Waals surface area contributed by atoms with Crippen LogP contribution < -0.4 is 5.32 Å². The van der Waals surface area contributed by atoms with Gasteiger partial charge in [0.25, 0.3) is 5.91 Å². The third-order valence-electron chi connectivity index (χ3n) is 6.13. The first-order chi connectivity index (χ1) is 16.2. The highest BCUT2D eigenvalue weighted by Crippen LogP contribution is 2.27. The average Bonchev–Trinajstić information content (AvgIpc) is 3.09. The number of amides is 1. The number of fused-ring (bicyclic) bond motifs is 1. The van der Waals surface area contributed by atoms with Crippen molar-refractivity contribution in [2.45, 2.75) is 40.0 Å². The lowest BCUT2D eigenvalue weighted by Crippen LogP contribution is -2.13. The Balaban J connectivity index is 1.62. The quantitative estimate of drug-likeness (QED) is 0.268. The van der Waals surface area contributed by atoms with E-state index < -0.39 is 5.91 Å². The maximum absolute atomic E-state index is 12.9. The summed E-state index contributed by atoms with van der Waals surface area (Å²) in [4.78, 5) is 12.9. The number of nitrogens with one attached hydrogen (secondary N) is 1. The molecule has 0 fully saturated rings. The van der Waals surface area contributed by atoms with Crippen molar-refractivity contribution < 1.29 is 4.79 Å². The molecule has 0 aliphatic heterocycles. The van der Waals surface area contributed by atoms with E-state index >= 15 is 0 Å². The summed E-state index contributed by atoms with van der Waals surface area (Å²) < 4.78 is 2.15. The minimum absolute atomic E-state index is 0.0662. The SMILES string of the molecule is Cc1cc(C=C(C#N)C(=O)Nc2ccc3ccccc3c2)c(C)n1-c1ccc(C(C)(C)C)cc1. The molecule has 0 atom stereocenters. The molecular formula is C30H29N3O. The fourth-order valence-corrected chi connectivity index (χ4v) is 4.21. The van der Waals surface area contributed by atoms with Crippen LogP contribution in [0.4, 0.5) is 5.69 Å². The molecule has 170 valence electrons.